The third kappa shape index (κ3) is 4.37. The van der Waals surface area contributed by atoms with Crippen LogP contribution in [0.1, 0.15) is 11.1 Å². The number of rotatable bonds is 7. The predicted octanol–water partition coefficient (Wildman–Crippen LogP) is 2.30. The van der Waals surface area contributed by atoms with Crippen LogP contribution in [0.2, 0.25) is 0 Å². The number of hydrogen-bond acceptors (Lipinski definition) is 6. The van der Waals surface area contributed by atoms with Gasteiger partial charge in [0.15, 0.2) is 6.29 Å². The zero-order valence-electron chi connectivity index (χ0n) is 12.6. The predicted molar refractivity (Wildman–Crippen MR) is 84.1 cm³/mol. The average molecular weight is 362 g/mol. The molecule has 0 heterocycles. The normalized spacial score (nSPS) is 11.4. The van der Waals surface area contributed by atoms with Crippen LogP contribution in [0.4, 0.5) is 11.4 Å². The molecule has 0 aliphatic heterocycles. The number of likely N-dealkylation sites (N-methyl/N-ethyl adjacent to an activating group) is 1. The van der Waals surface area contributed by atoms with E-state index >= 15 is 0 Å². The summed E-state index contributed by atoms with van der Waals surface area (Å²) in [6, 6.07) is 1.43. The number of methoxy groups -OCH3 is 2. The van der Waals surface area contributed by atoms with Gasteiger partial charge in [0.05, 0.1) is 4.92 Å². The number of nitro groups is 1. The summed E-state index contributed by atoms with van der Waals surface area (Å²) in [5, 5.41) is 11.0. The molecular formula is C13H20BrN3O4. The first-order chi connectivity index (χ1) is 9.81. The van der Waals surface area contributed by atoms with E-state index in [1.807, 2.05) is 18.9 Å². The number of ether oxygens (including phenoxy) is 2. The van der Waals surface area contributed by atoms with E-state index in [2.05, 4.69) is 15.9 Å². The van der Waals surface area contributed by atoms with Crippen molar-refractivity contribution in [3.8, 4) is 0 Å². The maximum absolute atomic E-state index is 11.0. The van der Waals surface area contributed by atoms with Crippen LogP contribution in [0.15, 0.2) is 10.5 Å². The van der Waals surface area contributed by atoms with E-state index < -0.39 is 4.92 Å². The summed E-state index contributed by atoms with van der Waals surface area (Å²) in [6.07, 6.45) is -0.362. The van der Waals surface area contributed by atoms with Gasteiger partial charge in [0.1, 0.15) is 5.69 Å². The van der Waals surface area contributed by atoms with E-state index in [-0.39, 0.29) is 17.7 Å². The minimum absolute atomic E-state index is 0.0918. The zero-order chi connectivity index (χ0) is 16.2. The molecule has 0 radical (unpaired) electrons. The lowest BCUT2D eigenvalue weighted by Crippen LogP contribution is -2.31. The molecule has 0 saturated carbocycles. The van der Waals surface area contributed by atoms with E-state index in [1.54, 1.807) is 14.2 Å². The molecule has 118 valence electrons. The van der Waals surface area contributed by atoms with Crippen molar-refractivity contribution in [3.63, 3.8) is 0 Å². The van der Waals surface area contributed by atoms with Crippen molar-refractivity contribution in [1.29, 1.82) is 0 Å². The van der Waals surface area contributed by atoms with Crippen LogP contribution in [0.3, 0.4) is 0 Å². The van der Waals surface area contributed by atoms with Gasteiger partial charge in [-0.1, -0.05) is 15.9 Å². The Balaban J connectivity index is 3.04. The highest BCUT2D eigenvalue weighted by atomic mass is 79.9. The minimum Gasteiger partial charge on any atom is -0.393 e. The van der Waals surface area contributed by atoms with Crippen LogP contribution < -0.4 is 5.73 Å². The smallest absolute Gasteiger partial charge is 0.293 e. The van der Waals surface area contributed by atoms with Gasteiger partial charge < -0.3 is 15.2 Å². The average Bonchev–Trinajstić information content (AvgIpc) is 2.44. The number of nitrogen functional groups attached to an aromatic ring is 1. The molecule has 0 atom stereocenters. The first-order valence-corrected chi connectivity index (χ1v) is 7.07. The molecule has 0 aromatic heterocycles. The molecule has 7 nitrogen and oxygen atoms in total. The molecule has 0 aliphatic carbocycles. The summed E-state index contributed by atoms with van der Waals surface area (Å²) >= 11 is 3.34. The van der Waals surface area contributed by atoms with E-state index in [9.17, 15) is 10.1 Å². The van der Waals surface area contributed by atoms with E-state index in [0.717, 1.165) is 11.1 Å². The topological polar surface area (TPSA) is 90.9 Å². The first-order valence-electron chi connectivity index (χ1n) is 6.27. The SMILES string of the molecule is COC(CN(C)Cc1c(C)c(Br)cc([N+](=O)[O-])c1N)OC. The molecule has 8 heteroatoms. The maximum atomic E-state index is 11.0. The van der Waals surface area contributed by atoms with Crippen LogP contribution in [0, 0.1) is 17.0 Å². The fourth-order valence-electron chi connectivity index (χ4n) is 2.00. The molecule has 1 aromatic rings. The molecule has 0 unspecified atom stereocenters. The van der Waals surface area contributed by atoms with Gasteiger partial charge in [-0.25, -0.2) is 0 Å². The Kier molecular flexibility index (Phi) is 6.53. The van der Waals surface area contributed by atoms with Crippen molar-refractivity contribution in [1.82, 2.24) is 4.90 Å². The Bertz CT molecular complexity index is 521. The van der Waals surface area contributed by atoms with Gasteiger partial charge in [-0.3, -0.25) is 15.0 Å². The second-order valence-electron chi connectivity index (χ2n) is 4.75. The second-order valence-corrected chi connectivity index (χ2v) is 5.60. The standard InChI is InChI=1S/C13H20BrN3O4/c1-8-9(6-16(2)7-12(20-3)21-4)13(15)11(17(18)19)5-10(8)14/h5,12H,6-7,15H2,1-4H3. The number of nitrogens with zero attached hydrogens (tertiary/aromatic N) is 2. The van der Waals surface area contributed by atoms with Gasteiger partial charge >= 0.3 is 0 Å². The van der Waals surface area contributed by atoms with Crippen LogP contribution in [-0.2, 0) is 16.0 Å². The van der Waals surface area contributed by atoms with Crippen molar-refractivity contribution >= 4 is 27.3 Å². The van der Waals surface area contributed by atoms with Crippen LogP contribution in [0.25, 0.3) is 0 Å². The van der Waals surface area contributed by atoms with Crippen molar-refractivity contribution in [2.75, 3.05) is 33.5 Å². The number of benzene rings is 1. The fraction of sp³-hybridized carbons (Fsp3) is 0.538. The molecule has 0 saturated heterocycles. The Morgan fingerprint density at radius 2 is 2.05 bits per heavy atom. The molecule has 21 heavy (non-hydrogen) atoms. The first kappa shape index (κ1) is 17.8. The number of hydrogen-bond donors (Lipinski definition) is 1. The van der Waals surface area contributed by atoms with E-state index in [0.29, 0.717) is 17.6 Å². The molecule has 0 amide bonds. The van der Waals surface area contributed by atoms with Gasteiger partial charge in [-0.2, -0.15) is 0 Å². The summed E-state index contributed by atoms with van der Waals surface area (Å²) in [4.78, 5) is 12.5. The van der Waals surface area contributed by atoms with E-state index in [4.69, 9.17) is 15.2 Å². The van der Waals surface area contributed by atoms with Crippen molar-refractivity contribution in [3.05, 3.63) is 31.8 Å². The fourth-order valence-corrected chi connectivity index (χ4v) is 2.45. The molecular weight excluding hydrogens is 342 g/mol. The molecule has 0 bridgehead atoms. The van der Waals surface area contributed by atoms with Crippen molar-refractivity contribution in [2.24, 2.45) is 0 Å². The van der Waals surface area contributed by atoms with Gasteiger partial charge in [-0.15, -0.1) is 0 Å². The quantitative estimate of drug-likeness (QED) is 0.346. The number of nitrogens with two attached hydrogens (primary N) is 1. The summed E-state index contributed by atoms with van der Waals surface area (Å²) < 4.78 is 11.0. The highest BCUT2D eigenvalue weighted by Gasteiger charge is 2.21. The Morgan fingerprint density at radius 1 is 1.48 bits per heavy atom. The Morgan fingerprint density at radius 3 is 2.52 bits per heavy atom. The summed E-state index contributed by atoms with van der Waals surface area (Å²) in [5.74, 6) is 0. The molecule has 1 rings (SSSR count). The molecule has 0 spiro atoms. The lowest BCUT2D eigenvalue weighted by Gasteiger charge is -2.23. The lowest BCUT2D eigenvalue weighted by molar-refractivity contribution is -0.384. The van der Waals surface area contributed by atoms with Gasteiger partial charge in [0, 0.05) is 43.4 Å². The van der Waals surface area contributed by atoms with Crippen LogP contribution >= 0.6 is 15.9 Å². The summed E-state index contributed by atoms with van der Waals surface area (Å²) in [6.45, 7) is 2.85. The lowest BCUT2D eigenvalue weighted by atomic mass is 10.0. The Labute approximate surface area is 132 Å². The van der Waals surface area contributed by atoms with Crippen molar-refractivity contribution in [2.45, 2.75) is 19.8 Å². The number of halogens is 1. The third-order valence-corrected chi connectivity index (χ3v) is 4.11. The largest absolute Gasteiger partial charge is 0.393 e. The monoisotopic (exact) mass is 361 g/mol. The molecule has 0 fully saturated rings. The minimum atomic E-state index is -0.476. The van der Waals surface area contributed by atoms with Gasteiger partial charge in [0.2, 0.25) is 0 Å². The highest BCUT2D eigenvalue weighted by molar-refractivity contribution is 9.10. The third-order valence-electron chi connectivity index (χ3n) is 3.29. The highest BCUT2D eigenvalue weighted by Crippen LogP contribution is 2.34. The number of anilines is 1. The van der Waals surface area contributed by atoms with Gasteiger partial charge in [0.25, 0.3) is 5.69 Å². The summed E-state index contributed by atoms with van der Waals surface area (Å²) in [5.41, 5.74) is 7.66. The molecule has 2 N–H and O–H groups in total. The zero-order valence-corrected chi connectivity index (χ0v) is 14.1. The molecule has 1 aromatic carbocycles. The van der Waals surface area contributed by atoms with E-state index in [1.165, 1.54) is 6.07 Å². The number of nitro benzene ring substituents is 1. The van der Waals surface area contributed by atoms with Gasteiger partial charge in [-0.05, 0) is 19.5 Å². The maximum Gasteiger partial charge on any atom is 0.293 e. The summed E-state index contributed by atoms with van der Waals surface area (Å²) in [7, 11) is 4.99. The van der Waals surface area contributed by atoms with Crippen LogP contribution in [-0.4, -0.2) is 43.9 Å². The second kappa shape index (κ2) is 7.69. The Hall–Kier alpha value is -1.22. The molecule has 0 aliphatic rings. The van der Waals surface area contributed by atoms with Crippen LogP contribution in [0.5, 0.6) is 0 Å². The van der Waals surface area contributed by atoms with Crippen molar-refractivity contribution < 1.29 is 14.4 Å².